The van der Waals surface area contributed by atoms with E-state index in [0.717, 1.165) is 25.9 Å². The van der Waals surface area contributed by atoms with Crippen LogP contribution < -0.4 is 0 Å². The molecule has 0 heterocycles. The molecule has 1 aromatic rings. The zero-order valence-electron chi connectivity index (χ0n) is 12.8. The summed E-state index contributed by atoms with van der Waals surface area (Å²) in [5.41, 5.74) is 2.44. The minimum Gasteiger partial charge on any atom is -0.338 e. The highest BCUT2D eigenvalue weighted by molar-refractivity contribution is 5.81. The topological polar surface area (TPSA) is 20.3 Å². The molecular formula is C18H25NO. The van der Waals surface area contributed by atoms with E-state index < -0.39 is 0 Å². The number of nitrogens with zero attached hydrogens (tertiary/aromatic N) is 1. The zero-order chi connectivity index (χ0) is 14.5. The monoisotopic (exact) mass is 271 g/mol. The molecule has 2 heteroatoms. The van der Waals surface area contributed by atoms with Crippen LogP contribution >= 0.6 is 0 Å². The molecule has 1 fully saturated rings. The van der Waals surface area contributed by atoms with Gasteiger partial charge in [-0.15, -0.1) is 0 Å². The molecule has 0 radical (unpaired) electrons. The van der Waals surface area contributed by atoms with Crippen molar-refractivity contribution >= 4 is 12.0 Å². The summed E-state index contributed by atoms with van der Waals surface area (Å²) in [6.07, 6.45) is 4.33. The van der Waals surface area contributed by atoms with Gasteiger partial charge < -0.3 is 4.90 Å². The van der Waals surface area contributed by atoms with E-state index in [-0.39, 0.29) is 0 Å². The molecule has 108 valence electrons. The average Bonchev–Trinajstić information content (AvgIpc) is 3.22. The Morgan fingerprint density at radius 1 is 1.30 bits per heavy atom. The van der Waals surface area contributed by atoms with Gasteiger partial charge in [0.05, 0.1) is 0 Å². The van der Waals surface area contributed by atoms with Gasteiger partial charge in [0, 0.05) is 19.0 Å². The summed E-state index contributed by atoms with van der Waals surface area (Å²) in [6, 6.07) is 10.3. The van der Waals surface area contributed by atoms with Crippen molar-refractivity contribution in [1.82, 2.24) is 4.90 Å². The van der Waals surface area contributed by atoms with Crippen LogP contribution in [0.2, 0.25) is 0 Å². The van der Waals surface area contributed by atoms with E-state index in [2.05, 4.69) is 39.0 Å². The van der Waals surface area contributed by atoms with Gasteiger partial charge in [0.1, 0.15) is 0 Å². The molecule has 1 aliphatic carbocycles. The van der Waals surface area contributed by atoms with Crippen LogP contribution in [0.4, 0.5) is 0 Å². The minimum atomic E-state index is 0.304. The van der Waals surface area contributed by atoms with Gasteiger partial charge in [-0.25, -0.2) is 0 Å². The third-order valence-electron chi connectivity index (χ3n) is 3.48. The highest BCUT2D eigenvalue weighted by Gasteiger charge is 2.33. The van der Waals surface area contributed by atoms with Crippen LogP contribution in [-0.4, -0.2) is 23.9 Å². The van der Waals surface area contributed by atoms with E-state index in [1.54, 1.807) is 0 Å². The number of hydrogen-bond donors (Lipinski definition) is 0. The molecule has 1 aliphatic rings. The van der Waals surface area contributed by atoms with Gasteiger partial charge in [-0.1, -0.05) is 55.8 Å². The number of hydrogen-bond acceptors (Lipinski definition) is 1. The average molecular weight is 271 g/mol. The van der Waals surface area contributed by atoms with Crippen molar-refractivity contribution in [3.8, 4) is 0 Å². The summed E-state index contributed by atoms with van der Waals surface area (Å²) in [7, 11) is 0. The van der Waals surface area contributed by atoms with Crippen LogP contribution in [0.3, 0.4) is 0 Å². The van der Waals surface area contributed by atoms with Gasteiger partial charge in [0.2, 0.25) is 5.91 Å². The van der Waals surface area contributed by atoms with Gasteiger partial charge >= 0.3 is 0 Å². The fourth-order valence-corrected chi connectivity index (χ4v) is 2.44. The first kappa shape index (κ1) is 14.8. The molecule has 0 aliphatic heterocycles. The van der Waals surface area contributed by atoms with Crippen molar-refractivity contribution in [2.75, 3.05) is 13.1 Å². The van der Waals surface area contributed by atoms with Crippen molar-refractivity contribution in [3.05, 3.63) is 41.5 Å². The Labute approximate surface area is 122 Å². The molecule has 1 aromatic carbocycles. The fourth-order valence-electron chi connectivity index (χ4n) is 2.44. The maximum Gasteiger partial charge on any atom is 0.225 e. The molecule has 1 saturated carbocycles. The molecule has 0 aromatic heterocycles. The highest BCUT2D eigenvalue weighted by Crippen LogP contribution is 2.31. The van der Waals surface area contributed by atoms with Crippen LogP contribution in [0.15, 0.2) is 35.9 Å². The summed E-state index contributed by atoms with van der Waals surface area (Å²) in [5.74, 6) is 1.17. The molecule has 0 unspecified atom stereocenters. The van der Waals surface area contributed by atoms with Crippen LogP contribution in [0, 0.1) is 11.8 Å². The lowest BCUT2D eigenvalue weighted by atomic mass is 10.1. The van der Waals surface area contributed by atoms with Crippen molar-refractivity contribution in [2.24, 2.45) is 11.8 Å². The summed E-state index contributed by atoms with van der Waals surface area (Å²) < 4.78 is 0. The summed E-state index contributed by atoms with van der Waals surface area (Å²) in [6.45, 7) is 8.06. The van der Waals surface area contributed by atoms with Crippen LogP contribution in [0.5, 0.6) is 0 Å². The number of benzene rings is 1. The van der Waals surface area contributed by atoms with Crippen LogP contribution in [0.1, 0.15) is 39.2 Å². The van der Waals surface area contributed by atoms with Crippen molar-refractivity contribution < 1.29 is 4.79 Å². The first-order valence-corrected chi connectivity index (χ1v) is 7.57. The van der Waals surface area contributed by atoms with E-state index >= 15 is 0 Å². The Hall–Kier alpha value is -1.57. The van der Waals surface area contributed by atoms with Gasteiger partial charge in [-0.2, -0.15) is 0 Å². The van der Waals surface area contributed by atoms with E-state index in [1.807, 2.05) is 23.1 Å². The summed E-state index contributed by atoms with van der Waals surface area (Å²) >= 11 is 0. The summed E-state index contributed by atoms with van der Waals surface area (Å²) in [4.78, 5) is 14.4. The predicted octanol–water partition coefficient (Wildman–Crippen LogP) is 3.98. The third kappa shape index (κ3) is 4.52. The van der Waals surface area contributed by atoms with Crippen molar-refractivity contribution in [2.45, 2.75) is 33.6 Å². The number of carbonyl (C=O) groups is 1. The lowest BCUT2D eigenvalue weighted by Gasteiger charge is -2.25. The second-order valence-electron chi connectivity index (χ2n) is 6.29. The molecule has 0 bridgehead atoms. The van der Waals surface area contributed by atoms with Gasteiger partial charge in [-0.3, -0.25) is 4.79 Å². The standard InChI is InChI=1S/C18H25NO/c1-14(2)12-19(18(20)17-9-10-17)13-15(3)11-16-7-5-4-6-8-16/h4-8,11,14,17H,9-10,12-13H2,1-3H3. The number of amides is 1. The van der Waals surface area contributed by atoms with E-state index in [9.17, 15) is 4.79 Å². The number of carbonyl (C=O) groups excluding carboxylic acids is 1. The molecule has 0 N–H and O–H groups in total. The fraction of sp³-hybridized carbons (Fsp3) is 0.500. The van der Waals surface area contributed by atoms with E-state index in [4.69, 9.17) is 0 Å². The molecule has 0 saturated heterocycles. The van der Waals surface area contributed by atoms with Gasteiger partial charge in [0.15, 0.2) is 0 Å². The summed E-state index contributed by atoms with van der Waals surface area (Å²) in [5, 5.41) is 0. The zero-order valence-corrected chi connectivity index (χ0v) is 12.8. The largest absolute Gasteiger partial charge is 0.338 e. The minimum absolute atomic E-state index is 0.304. The second-order valence-corrected chi connectivity index (χ2v) is 6.29. The Morgan fingerprint density at radius 3 is 2.50 bits per heavy atom. The first-order chi connectivity index (χ1) is 9.56. The SMILES string of the molecule is CC(=Cc1ccccc1)CN(CC(C)C)C(=O)C1CC1. The number of rotatable bonds is 6. The molecule has 2 rings (SSSR count). The molecular weight excluding hydrogens is 246 g/mol. The third-order valence-corrected chi connectivity index (χ3v) is 3.48. The van der Waals surface area contributed by atoms with Gasteiger partial charge in [-0.05, 0) is 31.2 Å². The highest BCUT2D eigenvalue weighted by atomic mass is 16.2. The second kappa shape index (κ2) is 6.74. The lowest BCUT2D eigenvalue weighted by molar-refractivity contribution is -0.132. The van der Waals surface area contributed by atoms with E-state index in [0.29, 0.717) is 17.7 Å². The predicted molar refractivity (Wildman–Crippen MR) is 84.2 cm³/mol. The first-order valence-electron chi connectivity index (χ1n) is 7.57. The Balaban J connectivity index is 2.02. The molecule has 1 amide bonds. The maximum atomic E-state index is 12.3. The quantitative estimate of drug-likeness (QED) is 0.766. The van der Waals surface area contributed by atoms with E-state index in [1.165, 1.54) is 11.1 Å². The Kier molecular flexibility index (Phi) is 4.99. The maximum absolute atomic E-state index is 12.3. The molecule has 20 heavy (non-hydrogen) atoms. The Bertz CT molecular complexity index is 471. The Morgan fingerprint density at radius 2 is 1.95 bits per heavy atom. The smallest absolute Gasteiger partial charge is 0.225 e. The molecule has 2 nitrogen and oxygen atoms in total. The van der Waals surface area contributed by atoms with Crippen molar-refractivity contribution in [3.63, 3.8) is 0 Å². The molecule has 0 atom stereocenters. The van der Waals surface area contributed by atoms with Crippen LogP contribution in [-0.2, 0) is 4.79 Å². The van der Waals surface area contributed by atoms with Crippen molar-refractivity contribution in [1.29, 1.82) is 0 Å². The normalized spacial score (nSPS) is 15.5. The molecule has 0 spiro atoms. The lowest BCUT2D eigenvalue weighted by Crippen LogP contribution is -2.36. The van der Waals surface area contributed by atoms with Gasteiger partial charge in [0.25, 0.3) is 0 Å². The van der Waals surface area contributed by atoms with Crippen LogP contribution in [0.25, 0.3) is 6.08 Å².